The van der Waals surface area contributed by atoms with Gasteiger partial charge in [-0.2, -0.15) is 0 Å². The Labute approximate surface area is 131 Å². The summed E-state index contributed by atoms with van der Waals surface area (Å²) < 4.78 is 5.18. The average molecular weight is 288 g/mol. The predicted octanol–water partition coefficient (Wildman–Crippen LogP) is 6.08. The van der Waals surface area contributed by atoms with Crippen LogP contribution in [0.2, 0.25) is 0 Å². The highest BCUT2D eigenvalue weighted by Gasteiger charge is 2.21. The van der Waals surface area contributed by atoms with Crippen LogP contribution in [0.3, 0.4) is 0 Å². The zero-order valence-corrected chi connectivity index (χ0v) is 13.9. The van der Waals surface area contributed by atoms with E-state index in [2.05, 4.69) is 31.2 Å². The predicted molar refractivity (Wildman–Crippen MR) is 90.6 cm³/mol. The van der Waals surface area contributed by atoms with Crippen LogP contribution in [0, 0.1) is 5.92 Å². The summed E-state index contributed by atoms with van der Waals surface area (Å²) in [6.45, 7) is 3.02. The van der Waals surface area contributed by atoms with Crippen molar-refractivity contribution in [3.8, 4) is 0 Å². The van der Waals surface area contributed by atoms with Crippen LogP contribution in [0.5, 0.6) is 0 Å². The molecule has 0 radical (unpaired) electrons. The van der Waals surface area contributed by atoms with Crippen molar-refractivity contribution in [2.75, 3.05) is 7.11 Å². The molecule has 0 N–H and O–H groups in total. The average Bonchev–Trinajstić information content (AvgIpc) is 2.53. The van der Waals surface area contributed by atoms with Crippen molar-refractivity contribution in [2.24, 2.45) is 5.92 Å². The maximum Gasteiger partial charge on any atom is 0.0713 e. The Morgan fingerprint density at radius 1 is 0.952 bits per heavy atom. The minimum Gasteiger partial charge on any atom is -0.380 e. The Hall–Kier alpha value is -0.820. The van der Waals surface area contributed by atoms with Crippen LogP contribution in [0.15, 0.2) is 24.3 Å². The Morgan fingerprint density at radius 3 is 2.29 bits per heavy atom. The van der Waals surface area contributed by atoms with Gasteiger partial charge >= 0.3 is 0 Å². The second-order valence-electron chi connectivity index (χ2n) is 6.74. The van der Waals surface area contributed by atoms with Crippen LogP contribution in [0.1, 0.15) is 81.8 Å². The van der Waals surface area contributed by atoms with E-state index in [0.29, 0.717) is 0 Å². The van der Waals surface area contributed by atoms with E-state index in [9.17, 15) is 0 Å². The maximum atomic E-state index is 5.18. The summed E-state index contributed by atoms with van der Waals surface area (Å²) in [5.74, 6) is 1.80. The zero-order chi connectivity index (χ0) is 14.9. The summed E-state index contributed by atoms with van der Waals surface area (Å²) in [7, 11) is 1.76. The Balaban J connectivity index is 1.73. The molecular weight excluding hydrogens is 256 g/mol. The van der Waals surface area contributed by atoms with Crippen molar-refractivity contribution in [3.05, 3.63) is 35.4 Å². The number of rotatable bonds is 8. The molecule has 0 bridgehead atoms. The molecule has 1 aliphatic rings. The summed E-state index contributed by atoms with van der Waals surface area (Å²) in [6.07, 6.45) is 12.8. The Bertz CT molecular complexity index is 373. The molecule has 0 atom stereocenters. The van der Waals surface area contributed by atoms with E-state index in [-0.39, 0.29) is 0 Å². The van der Waals surface area contributed by atoms with Crippen molar-refractivity contribution in [1.29, 1.82) is 0 Å². The van der Waals surface area contributed by atoms with Crippen LogP contribution in [0.25, 0.3) is 0 Å². The molecule has 0 heterocycles. The van der Waals surface area contributed by atoms with Gasteiger partial charge in [0.2, 0.25) is 0 Å². The minimum atomic E-state index is 0.727. The molecule has 0 spiro atoms. The summed E-state index contributed by atoms with van der Waals surface area (Å²) in [6, 6.07) is 9.10. The van der Waals surface area contributed by atoms with E-state index >= 15 is 0 Å². The van der Waals surface area contributed by atoms with Crippen molar-refractivity contribution in [1.82, 2.24) is 0 Å². The molecule has 1 aliphatic carbocycles. The SMILES string of the molecule is CCCCCCC1CCC(c2ccc(COC)cc2)CC1. The molecule has 118 valence electrons. The van der Waals surface area contributed by atoms with Crippen LogP contribution >= 0.6 is 0 Å². The molecular formula is C20H32O. The lowest BCUT2D eigenvalue weighted by Crippen LogP contribution is -2.13. The van der Waals surface area contributed by atoms with Gasteiger partial charge in [-0.3, -0.25) is 0 Å². The third-order valence-corrected chi connectivity index (χ3v) is 5.07. The minimum absolute atomic E-state index is 0.727. The molecule has 1 fully saturated rings. The zero-order valence-electron chi connectivity index (χ0n) is 13.9. The first kappa shape index (κ1) is 16.5. The van der Waals surface area contributed by atoms with Crippen molar-refractivity contribution >= 4 is 0 Å². The van der Waals surface area contributed by atoms with Gasteiger partial charge in [-0.05, 0) is 48.6 Å². The van der Waals surface area contributed by atoms with Crippen molar-refractivity contribution < 1.29 is 4.74 Å². The number of benzene rings is 1. The molecule has 0 aromatic heterocycles. The highest BCUT2D eigenvalue weighted by atomic mass is 16.5. The third kappa shape index (κ3) is 5.47. The van der Waals surface area contributed by atoms with Gasteiger partial charge in [0.1, 0.15) is 0 Å². The van der Waals surface area contributed by atoms with Crippen LogP contribution in [-0.2, 0) is 11.3 Å². The number of methoxy groups -OCH3 is 1. The summed E-state index contributed by atoms with van der Waals surface area (Å²) >= 11 is 0. The second-order valence-corrected chi connectivity index (χ2v) is 6.74. The van der Waals surface area contributed by atoms with Gasteiger partial charge in [0.25, 0.3) is 0 Å². The van der Waals surface area contributed by atoms with Gasteiger partial charge in [0.05, 0.1) is 6.61 Å². The highest BCUT2D eigenvalue weighted by molar-refractivity contribution is 5.25. The lowest BCUT2D eigenvalue weighted by molar-refractivity contribution is 0.185. The Morgan fingerprint density at radius 2 is 1.67 bits per heavy atom. The van der Waals surface area contributed by atoms with E-state index in [1.54, 1.807) is 12.7 Å². The number of unbranched alkanes of at least 4 members (excludes halogenated alkanes) is 3. The molecule has 1 aromatic carbocycles. The van der Waals surface area contributed by atoms with Gasteiger partial charge in [-0.1, -0.05) is 63.3 Å². The van der Waals surface area contributed by atoms with E-state index in [1.807, 2.05) is 0 Å². The van der Waals surface area contributed by atoms with Crippen molar-refractivity contribution in [3.63, 3.8) is 0 Å². The fourth-order valence-electron chi connectivity index (χ4n) is 3.70. The first-order valence-electron chi connectivity index (χ1n) is 8.91. The van der Waals surface area contributed by atoms with E-state index in [4.69, 9.17) is 4.74 Å². The van der Waals surface area contributed by atoms with E-state index < -0.39 is 0 Å². The lowest BCUT2D eigenvalue weighted by Gasteiger charge is -2.29. The summed E-state index contributed by atoms with van der Waals surface area (Å²) in [5.41, 5.74) is 2.82. The Kier molecular flexibility index (Phi) is 7.29. The third-order valence-electron chi connectivity index (χ3n) is 5.07. The molecule has 1 heteroatoms. The van der Waals surface area contributed by atoms with Crippen LogP contribution in [0.4, 0.5) is 0 Å². The fourth-order valence-corrected chi connectivity index (χ4v) is 3.70. The largest absolute Gasteiger partial charge is 0.380 e. The van der Waals surface area contributed by atoms with Gasteiger partial charge in [0.15, 0.2) is 0 Å². The van der Waals surface area contributed by atoms with Crippen LogP contribution in [-0.4, -0.2) is 7.11 Å². The quantitative estimate of drug-likeness (QED) is 0.527. The first-order valence-corrected chi connectivity index (χ1v) is 8.91. The van der Waals surface area contributed by atoms with Gasteiger partial charge in [-0.25, -0.2) is 0 Å². The number of hydrogen-bond donors (Lipinski definition) is 0. The maximum absolute atomic E-state index is 5.18. The smallest absolute Gasteiger partial charge is 0.0713 e. The molecule has 0 unspecified atom stereocenters. The molecule has 1 aromatic rings. The highest BCUT2D eigenvalue weighted by Crippen LogP contribution is 2.37. The molecule has 0 saturated heterocycles. The summed E-state index contributed by atoms with van der Waals surface area (Å²) in [5, 5.41) is 0. The van der Waals surface area contributed by atoms with Gasteiger partial charge < -0.3 is 4.74 Å². The molecule has 21 heavy (non-hydrogen) atoms. The molecule has 2 rings (SSSR count). The molecule has 0 amide bonds. The second kappa shape index (κ2) is 9.25. The van der Waals surface area contributed by atoms with E-state index in [1.165, 1.54) is 63.4 Å². The van der Waals surface area contributed by atoms with Gasteiger partial charge in [-0.15, -0.1) is 0 Å². The van der Waals surface area contributed by atoms with Crippen molar-refractivity contribution in [2.45, 2.75) is 77.2 Å². The molecule has 1 saturated carbocycles. The standard InChI is InChI=1S/C20H32O/c1-3-4-5-6-7-17-8-12-19(13-9-17)20-14-10-18(11-15-20)16-21-2/h10-11,14-15,17,19H,3-9,12-13,16H2,1-2H3. The molecule has 0 aliphatic heterocycles. The van der Waals surface area contributed by atoms with Gasteiger partial charge in [0, 0.05) is 7.11 Å². The lowest BCUT2D eigenvalue weighted by atomic mass is 9.77. The molecule has 1 nitrogen and oxygen atoms in total. The normalized spacial score (nSPS) is 22.4. The monoisotopic (exact) mass is 288 g/mol. The number of hydrogen-bond acceptors (Lipinski definition) is 1. The number of ether oxygens (including phenoxy) is 1. The first-order chi connectivity index (χ1) is 10.3. The summed E-state index contributed by atoms with van der Waals surface area (Å²) in [4.78, 5) is 0. The van der Waals surface area contributed by atoms with Crippen LogP contribution < -0.4 is 0 Å². The van der Waals surface area contributed by atoms with E-state index in [0.717, 1.165) is 18.4 Å². The fraction of sp³-hybridized carbons (Fsp3) is 0.700. The topological polar surface area (TPSA) is 9.23 Å².